The highest BCUT2D eigenvalue weighted by atomic mass is 16.2. The van der Waals surface area contributed by atoms with Crippen molar-refractivity contribution in [2.24, 2.45) is 5.84 Å². The Hall–Kier alpha value is -2.15. The molecule has 1 fully saturated rings. The van der Waals surface area contributed by atoms with E-state index in [9.17, 15) is 14.4 Å². The lowest BCUT2D eigenvalue weighted by Gasteiger charge is -2.28. The van der Waals surface area contributed by atoms with Crippen molar-refractivity contribution in [2.45, 2.75) is 0 Å². The molecule has 0 aromatic heterocycles. The van der Waals surface area contributed by atoms with Gasteiger partial charge in [0.1, 0.15) is 5.57 Å². The van der Waals surface area contributed by atoms with Gasteiger partial charge in [-0.15, -0.1) is 0 Å². The maximum absolute atomic E-state index is 11.7. The van der Waals surface area contributed by atoms with Crippen LogP contribution in [0.25, 0.3) is 0 Å². The zero-order valence-corrected chi connectivity index (χ0v) is 9.88. The topological polar surface area (TPSA) is 86.9 Å². The molecule has 92 valence electrons. The molecule has 0 aromatic rings. The molecule has 1 rings (SSSR count). The molecule has 2 N–H and O–H groups in total. The summed E-state index contributed by atoms with van der Waals surface area (Å²) in [5.41, 5.74) is -0.0762. The van der Waals surface area contributed by atoms with Crippen molar-refractivity contribution in [3.8, 4) is 0 Å². The number of rotatable bonds is 2. The van der Waals surface area contributed by atoms with Gasteiger partial charge in [-0.3, -0.25) is 19.4 Å². The number of carbonyl (C=O) groups excluding carboxylic acids is 3. The minimum atomic E-state index is -0.642. The molecular weight excluding hydrogens is 224 g/mol. The molecule has 0 atom stereocenters. The van der Waals surface area contributed by atoms with E-state index in [1.807, 2.05) is 0 Å². The number of hydrogen-bond donors (Lipinski definition) is 1. The molecule has 1 saturated heterocycles. The summed E-state index contributed by atoms with van der Waals surface area (Å²) in [4.78, 5) is 36.5. The number of imide groups is 2. The Balaban J connectivity index is 3.02. The smallest absolute Gasteiger partial charge is 0.321 e. The summed E-state index contributed by atoms with van der Waals surface area (Å²) in [6.45, 7) is 0. The highest BCUT2D eigenvalue weighted by Gasteiger charge is 2.37. The predicted molar refractivity (Wildman–Crippen MR) is 60.1 cm³/mol. The lowest BCUT2D eigenvalue weighted by atomic mass is 10.1. The Bertz CT molecular complexity index is 399. The number of hydrogen-bond acceptors (Lipinski definition) is 5. The summed E-state index contributed by atoms with van der Waals surface area (Å²) < 4.78 is 0. The number of likely N-dealkylation sites (N-methyl/N-ethyl adjacent to an activating group) is 2. The normalized spacial score (nSPS) is 17.2. The summed E-state index contributed by atoms with van der Waals surface area (Å²) in [7, 11) is 4.24. The molecule has 17 heavy (non-hydrogen) atoms. The number of barbiturate groups is 1. The largest absolute Gasteiger partial charge is 0.333 e. The highest BCUT2D eigenvalue weighted by molar-refractivity contribution is 6.28. The van der Waals surface area contributed by atoms with Crippen LogP contribution in [0.15, 0.2) is 23.9 Å². The average molecular weight is 238 g/mol. The number of amides is 4. The van der Waals surface area contributed by atoms with Crippen molar-refractivity contribution < 1.29 is 14.4 Å². The Morgan fingerprint density at radius 2 is 1.59 bits per heavy atom. The van der Waals surface area contributed by atoms with Crippen LogP contribution in [-0.2, 0) is 9.59 Å². The molecule has 0 saturated carbocycles. The van der Waals surface area contributed by atoms with Gasteiger partial charge < -0.3 is 5.01 Å². The summed E-state index contributed by atoms with van der Waals surface area (Å²) in [5.74, 6) is 4.08. The first-order valence-corrected chi connectivity index (χ1v) is 4.82. The first kappa shape index (κ1) is 12.9. The number of hydrazine groups is 1. The van der Waals surface area contributed by atoms with Crippen LogP contribution >= 0.6 is 0 Å². The third kappa shape index (κ3) is 2.51. The average Bonchev–Trinajstić information content (AvgIpc) is 2.28. The molecule has 4 amide bonds. The fourth-order valence-corrected chi connectivity index (χ4v) is 1.27. The van der Waals surface area contributed by atoms with Gasteiger partial charge in [-0.1, -0.05) is 0 Å². The molecular formula is C10H14N4O3. The van der Waals surface area contributed by atoms with Crippen molar-refractivity contribution in [3.63, 3.8) is 0 Å². The molecule has 7 heteroatoms. The molecule has 1 aliphatic rings. The molecule has 0 unspecified atom stereocenters. The number of carbonyl (C=O) groups is 3. The van der Waals surface area contributed by atoms with Crippen molar-refractivity contribution in [1.29, 1.82) is 0 Å². The van der Waals surface area contributed by atoms with Crippen LogP contribution in [0.4, 0.5) is 4.79 Å². The first-order valence-electron chi connectivity index (χ1n) is 4.82. The van der Waals surface area contributed by atoms with Gasteiger partial charge >= 0.3 is 6.03 Å². The molecule has 0 aromatic carbocycles. The number of urea groups is 1. The zero-order chi connectivity index (χ0) is 13.2. The van der Waals surface area contributed by atoms with E-state index >= 15 is 0 Å². The maximum atomic E-state index is 11.7. The number of nitrogens with zero attached hydrogens (tertiary/aromatic N) is 3. The standard InChI is InChI=1S/C10H14N4O3/c1-12(11)6-4-5-7-8(15)13(2)10(17)14(3)9(7)16/h4-6H,11H2,1-3H3/b6-4+. The SMILES string of the molecule is CN(N)/C=C/C=C1C(=O)N(C)C(=O)N(C)C1=O. The Morgan fingerprint density at radius 3 is 2.00 bits per heavy atom. The summed E-state index contributed by atoms with van der Waals surface area (Å²) in [6, 6.07) is -0.642. The summed E-state index contributed by atoms with van der Waals surface area (Å²) in [5, 5.41) is 1.27. The summed E-state index contributed by atoms with van der Waals surface area (Å²) >= 11 is 0. The van der Waals surface area contributed by atoms with E-state index < -0.39 is 17.8 Å². The second-order valence-electron chi connectivity index (χ2n) is 3.60. The van der Waals surface area contributed by atoms with Gasteiger partial charge in [-0.2, -0.15) is 0 Å². The highest BCUT2D eigenvalue weighted by Crippen LogP contribution is 2.14. The predicted octanol–water partition coefficient (Wildman–Crippen LogP) is -0.718. The Kier molecular flexibility index (Phi) is 3.64. The van der Waals surface area contributed by atoms with Gasteiger partial charge in [0.05, 0.1) is 0 Å². The van der Waals surface area contributed by atoms with E-state index in [0.717, 1.165) is 9.80 Å². The van der Waals surface area contributed by atoms with E-state index in [0.29, 0.717) is 0 Å². The van der Waals surface area contributed by atoms with Gasteiger partial charge in [0.25, 0.3) is 11.8 Å². The van der Waals surface area contributed by atoms with Crippen LogP contribution in [-0.4, -0.2) is 53.8 Å². The van der Waals surface area contributed by atoms with Crippen LogP contribution in [0.3, 0.4) is 0 Å². The first-order chi connectivity index (χ1) is 7.86. The number of allylic oxidation sites excluding steroid dienone is 2. The fourth-order valence-electron chi connectivity index (χ4n) is 1.27. The van der Waals surface area contributed by atoms with Crippen LogP contribution in [0.5, 0.6) is 0 Å². The van der Waals surface area contributed by atoms with Crippen molar-refractivity contribution in [2.75, 3.05) is 21.1 Å². The van der Waals surface area contributed by atoms with Crippen LogP contribution < -0.4 is 5.84 Å². The third-order valence-corrected chi connectivity index (χ3v) is 2.23. The maximum Gasteiger partial charge on any atom is 0.333 e. The molecule has 1 heterocycles. The monoisotopic (exact) mass is 238 g/mol. The molecule has 0 radical (unpaired) electrons. The molecule has 7 nitrogen and oxygen atoms in total. The van der Waals surface area contributed by atoms with Gasteiger partial charge in [0, 0.05) is 27.3 Å². The fraction of sp³-hybridized carbons (Fsp3) is 0.300. The van der Waals surface area contributed by atoms with Gasteiger partial charge in [-0.25, -0.2) is 10.6 Å². The zero-order valence-electron chi connectivity index (χ0n) is 9.88. The molecule has 0 spiro atoms. The van der Waals surface area contributed by atoms with Gasteiger partial charge in [0.2, 0.25) is 0 Å². The van der Waals surface area contributed by atoms with Gasteiger partial charge in [-0.05, 0) is 12.2 Å². The van der Waals surface area contributed by atoms with Crippen LogP contribution in [0, 0.1) is 0 Å². The minimum absolute atomic E-state index is 0.0762. The number of nitrogens with two attached hydrogens (primary N) is 1. The van der Waals surface area contributed by atoms with E-state index in [4.69, 9.17) is 5.84 Å². The van der Waals surface area contributed by atoms with E-state index in [1.165, 1.54) is 37.5 Å². The van der Waals surface area contributed by atoms with Gasteiger partial charge in [0.15, 0.2) is 0 Å². The second-order valence-corrected chi connectivity index (χ2v) is 3.60. The van der Waals surface area contributed by atoms with Crippen LogP contribution in [0.1, 0.15) is 0 Å². The molecule has 0 bridgehead atoms. The Labute approximate surface area is 98.7 Å². The van der Waals surface area contributed by atoms with Crippen molar-refractivity contribution >= 4 is 17.8 Å². The molecule has 0 aliphatic carbocycles. The van der Waals surface area contributed by atoms with E-state index in [-0.39, 0.29) is 5.57 Å². The van der Waals surface area contributed by atoms with E-state index in [2.05, 4.69) is 0 Å². The van der Waals surface area contributed by atoms with E-state index in [1.54, 1.807) is 7.05 Å². The van der Waals surface area contributed by atoms with Crippen LogP contribution in [0.2, 0.25) is 0 Å². The van der Waals surface area contributed by atoms with Crippen molar-refractivity contribution in [3.05, 3.63) is 23.9 Å². The third-order valence-electron chi connectivity index (χ3n) is 2.23. The lowest BCUT2D eigenvalue weighted by Crippen LogP contribution is -2.52. The molecule has 1 aliphatic heterocycles. The lowest BCUT2D eigenvalue weighted by molar-refractivity contribution is -0.134. The second kappa shape index (κ2) is 4.79. The van der Waals surface area contributed by atoms with Crippen molar-refractivity contribution in [1.82, 2.24) is 14.8 Å². The quantitative estimate of drug-likeness (QED) is 0.297. The minimum Gasteiger partial charge on any atom is -0.321 e. The Morgan fingerprint density at radius 1 is 1.12 bits per heavy atom. The summed E-state index contributed by atoms with van der Waals surface area (Å²) in [6.07, 6.45) is 4.26.